The summed E-state index contributed by atoms with van der Waals surface area (Å²) in [6.07, 6.45) is 0.648. The minimum atomic E-state index is -0.583. The van der Waals surface area contributed by atoms with Crippen molar-refractivity contribution in [3.05, 3.63) is 73.4 Å². The molecule has 0 atom stereocenters. The van der Waals surface area contributed by atoms with E-state index in [2.05, 4.69) is 4.98 Å². The van der Waals surface area contributed by atoms with Crippen molar-refractivity contribution >= 4 is 45.7 Å². The van der Waals surface area contributed by atoms with Crippen LogP contribution in [0.4, 0.5) is 5.69 Å². The lowest BCUT2D eigenvalue weighted by Crippen LogP contribution is -2.36. The zero-order chi connectivity index (χ0) is 18.4. The second-order valence-electron chi connectivity index (χ2n) is 6.17. The fourth-order valence-corrected chi connectivity index (χ4v) is 3.71. The molecule has 2 aromatic carbocycles. The Morgan fingerprint density at radius 2 is 1.88 bits per heavy atom. The fraction of sp³-hybridized carbons (Fsp3) is 0.167. The Morgan fingerprint density at radius 3 is 2.65 bits per heavy atom. The first-order chi connectivity index (χ1) is 12.4. The highest BCUT2D eigenvalue weighted by Crippen LogP contribution is 2.31. The molecule has 0 unspecified atom stereocenters. The molecule has 3 aromatic rings. The van der Waals surface area contributed by atoms with Crippen LogP contribution in [0.3, 0.4) is 0 Å². The monoisotopic (exact) mass is 389 g/mol. The number of benzene rings is 2. The molecule has 1 N–H and O–H groups in total. The van der Waals surface area contributed by atoms with Crippen LogP contribution >= 0.6 is 23.2 Å². The van der Waals surface area contributed by atoms with Gasteiger partial charge in [0, 0.05) is 57.8 Å². The van der Waals surface area contributed by atoms with Gasteiger partial charge in [0.15, 0.2) is 0 Å². The lowest BCUT2D eigenvalue weighted by molar-refractivity contribution is -0.385. The van der Waals surface area contributed by atoms with E-state index in [0.717, 1.165) is 22.2 Å². The van der Waals surface area contributed by atoms with Gasteiger partial charge in [-0.2, -0.15) is 0 Å². The number of carbonyl (C=O) groups is 1. The van der Waals surface area contributed by atoms with Crippen LogP contribution in [0.25, 0.3) is 10.9 Å². The molecule has 1 aliphatic rings. The second kappa shape index (κ2) is 6.30. The number of fused-ring (bicyclic) bond motifs is 3. The van der Waals surface area contributed by atoms with Crippen molar-refractivity contribution in [3.8, 4) is 0 Å². The highest BCUT2D eigenvalue weighted by Gasteiger charge is 2.29. The predicted octanol–water partition coefficient (Wildman–Crippen LogP) is 4.58. The van der Waals surface area contributed by atoms with Crippen LogP contribution in [0.5, 0.6) is 0 Å². The maximum Gasteiger partial charge on any atom is 0.283 e. The summed E-state index contributed by atoms with van der Waals surface area (Å²) in [5.74, 6) is -0.379. The normalized spacial score (nSPS) is 13.7. The second-order valence-corrected chi connectivity index (χ2v) is 7.04. The summed E-state index contributed by atoms with van der Waals surface area (Å²) in [4.78, 5) is 28.6. The molecule has 2 heterocycles. The molecule has 0 saturated heterocycles. The van der Waals surface area contributed by atoms with Crippen molar-refractivity contribution in [1.29, 1.82) is 0 Å². The topological polar surface area (TPSA) is 79.2 Å². The highest BCUT2D eigenvalue weighted by molar-refractivity contribution is 6.31. The number of nitrogens with one attached hydrogen (secondary N) is 1. The third-order valence-electron chi connectivity index (χ3n) is 4.61. The van der Waals surface area contributed by atoms with Crippen LogP contribution in [0, 0.1) is 10.1 Å². The van der Waals surface area contributed by atoms with E-state index in [-0.39, 0.29) is 22.2 Å². The summed E-state index contributed by atoms with van der Waals surface area (Å²) in [5.41, 5.74) is 2.79. The van der Waals surface area contributed by atoms with Gasteiger partial charge in [0.05, 0.1) is 4.92 Å². The summed E-state index contributed by atoms with van der Waals surface area (Å²) < 4.78 is 0. The van der Waals surface area contributed by atoms with E-state index in [1.165, 1.54) is 18.2 Å². The predicted molar refractivity (Wildman–Crippen MR) is 99.9 cm³/mol. The van der Waals surface area contributed by atoms with E-state index in [1.54, 1.807) is 4.90 Å². The number of nitrogens with zero attached hydrogens (tertiary/aromatic N) is 2. The van der Waals surface area contributed by atoms with Gasteiger partial charge in [-0.25, -0.2) is 0 Å². The van der Waals surface area contributed by atoms with Gasteiger partial charge >= 0.3 is 0 Å². The Kier molecular flexibility index (Phi) is 4.09. The van der Waals surface area contributed by atoms with Crippen molar-refractivity contribution in [3.63, 3.8) is 0 Å². The number of aromatic nitrogens is 1. The van der Waals surface area contributed by atoms with Gasteiger partial charge in [-0.3, -0.25) is 14.9 Å². The number of H-pyrrole nitrogens is 1. The smallest absolute Gasteiger partial charge is 0.283 e. The molecule has 0 radical (unpaired) electrons. The van der Waals surface area contributed by atoms with E-state index in [0.29, 0.717) is 24.5 Å². The van der Waals surface area contributed by atoms with Crippen molar-refractivity contribution < 1.29 is 9.72 Å². The van der Waals surface area contributed by atoms with E-state index >= 15 is 0 Å². The summed E-state index contributed by atoms with van der Waals surface area (Å²) in [7, 11) is 0. The first-order valence-electron chi connectivity index (χ1n) is 7.96. The Morgan fingerprint density at radius 1 is 1.15 bits per heavy atom. The van der Waals surface area contributed by atoms with Crippen molar-refractivity contribution in [2.45, 2.75) is 13.0 Å². The molecule has 0 fully saturated rings. The van der Waals surface area contributed by atoms with Gasteiger partial charge in [0.25, 0.3) is 11.6 Å². The van der Waals surface area contributed by atoms with Crippen LogP contribution in [0.15, 0.2) is 36.4 Å². The zero-order valence-electron chi connectivity index (χ0n) is 13.5. The zero-order valence-corrected chi connectivity index (χ0v) is 15.0. The van der Waals surface area contributed by atoms with Gasteiger partial charge in [-0.15, -0.1) is 0 Å². The molecule has 0 saturated carbocycles. The van der Waals surface area contributed by atoms with Crippen molar-refractivity contribution in [2.75, 3.05) is 6.54 Å². The summed E-state index contributed by atoms with van der Waals surface area (Å²) in [6, 6.07) is 9.69. The highest BCUT2D eigenvalue weighted by atomic mass is 35.5. The maximum absolute atomic E-state index is 12.9. The SMILES string of the molecule is O=C(c1ccc(Cl)cc1[N+](=O)[O-])N1CCc2[nH]c3ccc(Cl)cc3c2C1. The average Bonchev–Trinajstić information content (AvgIpc) is 2.98. The van der Waals surface area contributed by atoms with Gasteiger partial charge in [0.2, 0.25) is 0 Å². The largest absolute Gasteiger partial charge is 0.358 e. The number of amides is 1. The first kappa shape index (κ1) is 16.9. The van der Waals surface area contributed by atoms with Crippen LogP contribution in [0.2, 0.25) is 10.0 Å². The molecular weight excluding hydrogens is 377 g/mol. The third kappa shape index (κ3) is 2.81. The molecular formula is C18H13Cl2N3O3. The minimum Gasteiger partial charge on any atom is -0.358 e. The van der Waals surface area contributed by atoms with Crippen LogP contribution in [-0.4, -0.2) is 27.3 Å². The number of carbonyl (C=O) groups excluding carboxylic acids is 1. The molecule has 6 nitrogen and oxygen atoms in total. The van der Waals surface area contributed by atoms with E-state index in [4.69, 9.17) is 23.2 Å². The number of nitro groups is 1. The summed E-state index contributed by atoms with van der Waals surface area (Å²) in [6.45, 7) is 0.848. The van der Waals surface area contributed by atoms with Crippen molar-refractivity contribution in [2.24, 2.45) is 0 Å². The van der Waals surface area contributed by atoms with Gasteiger partial charge < -0.3 is 9.88 Å². The number of hydrogen-bond acceptors (Lipinski definition) is 3. The Balaban J connectivity index is 1.71. The van der Waals surface area contributed by atoms with E-state index < -0.39 is 4.92 Å². The van der Waals surface area contributed by atoms with Gasteiger partial charge in [-0.05, 0) is 30.3 Å². The average molecular weight is 390 g/mol. The van der Waals surface area contributed by atoms with Crippen LogP contribution < -0.4 is 0 Å². The lowest BCUT2D eigenvalue weighted by Gasteiger charge is -2.27. The molecule has 26 heavy (non-hydrogen) atoms. The van der Waals surface area contributed by atoms with E-state index in [9.17, 15) is 14.9 Å². The number of aromatic amines is 1. The summed E-state index contributed by atoms with van der Waals surface area (Å²) in [5, 5.41) is 13.1. The number of halogens is 2. The molecule has 1 aromatic heterocycles. The van der Waals surface area contributed by atoms with Gasteiger partial charge in [-0.1, -0.05) is 23.2 Å². The quantitative estimate of drug-likeness (QED) is 0.514. The Hall–Kier alpha value is -2.57. The number of rotatable bonds is 2. The standard InChI is InChI=1S/C18H13Cl2N3O3/c19-10-2-4-15-13(7-10)14-9-22(6-5-16(14)21-15)18(24)12-3-1-11(20)8-17(12)23(25)26/h1-4,7-8,21H,5-6,9H2. The molecule has 1 aliphatic heterocycles. The molecule has 0 spiro atoms. The number of hydrogen-bond donors (Lipinski definition) is 1. The maximum atomic E-state index is 12.9. The molecule has 4 rings (SSSR count). The molecule has 0 aliphatic carbocycles. The van der Waals surface area contributed by atoms with E-state index in [1.807, 2.05) is 18.2 Å². The summed E-state index contributed by atoms with van der Waals surface area (Å²) >= 11 is 11.9. The van der Waals surface area contributed by atoms with Crippen LogP contribution in [-0.2, 0) is 13.0 Å². The third-order valence-corrected chi connectivity index (χ3v) is 5.08. The minimum absolute atomic E-state index is 0.0423. The molecule has 8 heteroatoms. The van der Waals surface area contributed by atoms with Crippen molar-refractivity contribution in [1.82, 2.24) is 9.88 Å². The Labute approximate surface area is 158 Å². The lowest BCUT2D eigenvalue weighted by atomic mass is 10.0. The molecule has 132 valence electrons. The van der Waals surface area contributed by atoms with Gasteiger partial charge in [0.1, 0.15) is 5.56 Å². The molecule has 1 amide bonds. The first-order valence-corrected chi connectivity index (χ1v) is 8.72. The number of nitro benzene ring substituents is 1. The van der Waals surface area contributed by atoms with Crippen LogP contribution in [0.1, 0.15) is 21.6 Å². The molecule has 0 bridgehead atoms. The Bertz CT molecular complexity index is 1060. The fourth-order valence-electron chi connectivity index (χ4n) is 3.37.